The zero-order valence-corrected chi connectivity index (χ0v) is 19.8. The molecule has 5 nitrogen and oxygen atoms in total. The van der Waals surface area contributed by atoms with Gasteiger partial charge in [0.25, 0.3) is 0 Å². The molecule has 0 radical (unpaired) electrons. The van der Waals surface area contributed by atoms with Crippen LogP contribution in [0, 0.1) is 11.8 Å². The molecule has 3 aromatic carbocycles. The molecule has 4 atom stereocenters. The Morgan fingerprint density at radius 2 is 1.49 bits per heavy atom. The van der Waals surface area contributed by atoms with Crippen LogP contribution in [0.2, 0.25) is 5.02 Å². The Bertz CT molecular complexity index is 1480. The van der Waals surface area contributed by atoms with E-state index in [2.05, 4.69) is 0 Å². The molecular formula is C28H18ClF3N2O3. The number of alkyl halides is 3. The zero-order valence-electron chi connectivity index (χ0n) is 19.0. The van der Waals surface area contributed by atoms with Gasteiger partial charge in [-0.05, 0) is 53.6 Å². The Morgan fingerprint density at radius 3 is 2.22 bits per heavy atom. The molecule has 3 aliphatic rings. The first-order chi connectivity index (χ1) is 17.7. The normalized spacial score (nSPS) is 24.2. The van der Waals surface area contributed by atoms with E-state index in [1.807, 2.05) is 18.2 Å². The third-order valence-corrected chi connectivity index (χ3v) is 7.56. The highest BCUT2D eigenvalue weighted by atomic mass is 35.5. The molecule has 3 aromatic rings. The van der Waals surface area contributed by atoms with Crippen molar-refractivity contribution in [2.45, 2.75) is 18.3 Å². The van der Waals surface area contributed by atoms with Crippen molar-refractivity contribution in [2.24, 2.45) is 11.8 Å². The maximum absolute atomic E-state index is 13.8. The molecule has 1 unspecified atom stereocenters. The van der Waals surface area contributed by atoms with Gasteiger partial charge in [0, 0.05) is 16.8 Å². The minimum Gasteiger partial charge on any atom is -0.358 e. The van der Waals surface area contributed by atoms with Gasteiger partial charge in [-0.2, -0.15) is 13.2 Å². The third-order valence-electron chi connectivity index (χ3n) is 7.31. The van der Waals surface area contributed by atoms with Gasteiger partial charge >= 0.3 is 6.18 Å². The third kappa shape index (κ3) is 3.50. The Hall–Kier alpha value is -3.91. The first-order valence-corrected chi connectivity index (χ1v) is 11.9. The molecule has 0 N–H and O–H groups in total. The van der Waals surface area contributed by atoms with E-state index in [0.717, 1.165) is 23.3 Å². The number of benzene rings is 3. The molecule has 0 aromatic heterocycles. The van der Waals surface area contributed by atoms with Crippen molar-refractivity contribution in [3.63, 3.8) is 0 Å². The van der Waals surface area contributed by atoms with Gasteiger partial charge in [-0.1, -0.05) is 48.0 Å². The van der Waals surface area contributed by atoms with E-state index in [0.29, 0.717) is 9.92 Å². The lowest BCUT2D eigenvalue weighted by molar-refractivity contribution is -0.137. The summed E-state index contributed by atoms with van der Waals surface area (Å²) in [4.78, 5) is 43.8. The SMILES string of the molecule is O=C(c1ccc(Cl)cc1)[C@@H]1[C@@H]2C(=O)N(c3ccccc3C(F)(F)F)C(=O)[C@@H]2C2c3ccccc3C=CN21. The second kappa shape index (κ2) is 8.31. The largest absolute Gasteiger partial charge is 0.418 e. The summed E-state index contributed by atoms with van der Waals surface area (Å²) >= 11 is 5.98. The number of imide groups is 1. The van der Waals surface area contributed by atoms with Crippen molar-refractivity contribution in [3.05, 3.63) is 106 Å². The number of anilines is 1. The summed E-state index contributed by atoms with van der Waals surface area (Å²) in [5, 5.41) is 0.424. The minimum absolute atomic E-state index is 0.287. The van der Waals surface area contributed by atoms with E-state index in [1.165, 1.54) is 24.3 Å². The molecule has 0 aliphatic carbocycles. The Balaban J connectivity index is 1.51. The van der Waals surface area contributed by atoms with Gasteiger partial charge in [0.1, 0.15) is 6.04 Å². The first kappa shape index (κ1) is 23.5. The van der Waals surface area contributed by atoms with Crippen LogP contribution in [0.4, 0.5) is 18.9 Å². The maximum atomic E-state index is 13.8. The molecular weight excluding hydrogens is 505 g/mol. The van der Waals surface area contributed by atoms with E-state index in [-0.39, 0.29) is 5.56 Å². The molecule has 3 aliphatic heterocycles. The number of fused-ring (bicyclic) bond motifs is 5. The summed E-state index contributed by atoms with van der Waals surface area (Å²) in [6, 6.07) is 16.2. The van der Waals surface area contributed by atoms with Crippen LogP contribution in [0.15, 0.2) is 79.0 Å². The predicted octanol–water partition coefficient (Wildman–Crippen LogP) is 5.76. The molecule has 2 saturated heterocycles. The van der Waals surface area contributed by atoms with Crippen molar-refractivity contribution in [2.75, 3.05) is 4.90 Å². The summed E-state index contributed by atoms with van der Waals surface area (Å²) in [5.41, 5.74) is 0.228. The van der Waals surface area contributed by atoms with Crippen LogP contribution in [0.1, 0.15) is 33.1 Å². The van der Waals surface area contributed by atoms with E-state index in [9.17, 15) is 27.6 Å². The number of nitrogens with zero attached hydrogens (tertiary/aromatic N) is 2. The van der Waals surface area contributed by atoms with E-state index in [1.54, 1.807) is 35.4 Å². The molecule has 2 fully saturated rings. The molecule has 0 spiro atoms. The molecule has 186 valence electrons. The van der Waals surface area contributed by atoms with Crippen LogP contribution in [0.3, 0.4) is 0 Å². The lowest BCUT2D eigenvalue weighted by Crippen LogP contribution is -2.44. The number of rotatable bonds is 3. The fraction of sp³-hybridized carbons (Fsp3) is 0.179. The number of hydrogen-bond acceptors (Lipinski definition) is 4. The average molecular weight is 523 g/mol. The standard InChI is InChI=1S/C28H18ClF3N2O3/c29-17-11-9-16(10-12-17)25(35)24-22-21(23-18-6-2-1-5-15(18)13-14-33(23)24)26(36)34(27(22)37)20-8-4-3-7-19(20)28(30,31)32/h1-14,21-24H/t21-,22+,23?,24-/m0/s1. The van der Waals surface area contributed by atoms with Crippen LogP contribution in [0.25, 0.3) is 6.08 Å². The van der Waals surface area contributed by atoms with Crippen LogP contribution in [0.5, 0.6) is 0 Å². The highest BCUT2D eigenvalue weighted by Gasteiger charge is 2.65. The maximum Gasteiger partial charge on any atom is 0.418 e. The van der Waals surface area contributed by atoms with Crippen LogP contribution in [-0.2, 0) is 15.8 Å². The lowest BCUT2D eigenvalue weighted by atomic mass is 9.83. The fourth-order valence-corrected chi connectivity index (χ4v) is 5.91. The van der Waals surface area contributed by atoms with Gasteiger partial charge in [-0.15, -0.1) is 0 Å². The van der Waals surface area contributed by atoms with Gasteiger partial charge in [0.05, 0.1) is 29.1 Å². The Morgan fingerprint density at radius 1 is 0.838 bits per heavy atom. The molecule has 0 bridgehead atoms. The van der Waals surface area contributed by atoms with Crippen molar-refractivity contribution < 1.29 is 27.6 Å². The molecule has 0 saturated carbocycles. The second-order valence-corrected chi connectivity index (χ2v) is 9.67. The fourth-order valence-electron chi connectivity index (χ4n) is 5.79. The van der Waals surface area contributed by atoms with Crippen LogP contribution < -0.4 is 4.90 Å². The number of para-hydroxylation sites is 1. The molecule has 3 heterocycles. The van der Waals surface area contributed by atoms with Gasteiger partial charge in [-0.3, -0.25) is 14.4 Å². The Kier molecular flexibility index (Phi) is 5.28. The summed E-state index contributed by atoms with van der Waals surface area (Å²) in [6.07, 6.45) is -1.28. The molecule has 9 heteroatoms. The quantitative estimate of drug-likeness (QED) is 0.324. The molecule has 37 heavy (non-hydrogen) atoms. The number of ketones is 1. The highest BCUT2D eigenvalue weighted by molar-refractivity contribution is 6.30. The van der Waals surface area contributed by atoms with Crippen molar-refractivity contribution in [3.8, 4) is 0 Å². The number of Topliss-reactive ketones (excluding diaryl/α,β-unsaturated/α-hetero) is 1. The van der Waals surface area contributed by atoms with Crippen molar-refractivity contribution in [1.82, 2.24) is 4.90 Å². The van der Waals surface area contributed by atoms with Gasteiger partial charge in [-0.25, -0.2) is 4.90 Å². The van der Waals surface area contributed by atoms with Gasteiger partial charge in [0.15, 0.2) is 5.78 Å². The summed E-state index contributed by atoms with van der Waals surface area (Å²) in [5.74, 6) is -4.19. The smallest absolute Gasteiger partial charge is 0.358 e. The minimum atomic E-state index is -4.78. The summed E-state index contributed by atoms with van der Waals surface area (Å²) < 4.78 is 41.5. The predicted molar refractivity (Wildman–Crippen MR) is 131 cm³/mol. The van der Waals surface area contributed by atoms with E-state index >= 15 is 0 Å². The van der Waals surface area contributed by atoms with Crippen molar-refractivity contribution in [1.29, 1.82) is 0 Å². The van der Waals surface area contributed by atoms with Crippen molar-refractivity contribution >= 4 is 41.0 Å². The summed E-state index contributed by atoms with van der Waals surface area (Å²) in [7, 11) is 0. The number of hydrogen-bond donors (Lipinski definition) is 0. The van der Waals surface area contributed by atoms with Gasteiger partial charge < -0.3 is 4.90 Å². The second-order valence-electron chi connectivity index (χ2n) is 9.23. The number of carbonyl (C=O) groups is 3. The molecule has 2 amide bonds. The average Bonchev–Trinajstić information content (AvgIpc) is 3.36. The molecule has 6 rings (SSSR count). The Labute approximate surface area is 214 Å². The topological polar surface area (TPSA) is 57.7 Å². The first-order valence-electron chi connectivity index (χ1n) is 11.6. The number of halogens is 4. The van der Waals surface area contributed by atoms with E-state index < -0.39 is 58.9 Å². The number of carbonyl (C=O) groups excluding carboxylic acids is 3. The van der Waals surface area contributed by atoms with Crippen LogP contribution >= 0.6 is 11.6 Å². The number of amides is 2. The highest BCUT2D eigenvalue weighted by Crippen LogP contribution is 2.54. The monoisotopic (exact) mass is 522 g/mol. The summed E-state index contributed by atoms with van der Waals surface area (Å²) in [6.45, 7) is 0. The zero-order chi connectivity index (χ0) is 26.1. The van der Waals surface area contributed by atoms with E-state index in [4.69, 9.17) is 11.6 Å². The van der Waals surface area contributed by atoms with Crippen LogP contribution in [-0.4, -0.2) is 28.5 Å². The lowest BCUT2D eigenvalue weighted by Gasteiger charge is -2.35. The van der Waals surface area contributed by atoms with Gasteiger partial charge in [0.2, 0.25) is 11.8 Å².